The van der Waals surface area contributed by atoms with Gasteiger partial charge in [-0.15, -0.1) is 0 Å². The Balaban J connectivity index is 1.46. The third-order valence-corrected chi connectivity index (χ3v) is 6.24. The Morgan fingerprint density at radius 1 is 0.933 bits per heavy atom. The van der Waals surface area contributed by atoms with E-state index in [9.17, 15) is 14.9 Å². The largest absolute Gasteiger partial charge is 0.454 e. The summed E-state index contributed by atoms with van der Waals surface area (Å²) < 4.78 is 5.33. The molecule has 4 nitrogen and oxygen atoms in total. The van der Waals surface area contributed by atoms with Gasteiger partial charge < -0.3 is 4.74 Å². The SMILES string of the molecule is N#Cc1ccccc1Sc1ccccc1C(=O)OCC(=O)c1ccc2c(c1)CCC2. The summed E-state index contributed by atoms with van der Waals surface area (Å²) in [5.41, 5.74) is 4.00. The summed E-state index contributed by atoms with van der Waals surface area (Å²) in [6, 6.07) is 22.1. The number of benzene rings is 3. The van der Waals surface area contributed by atoms with Crippen LogP contribution in [0.2, 0.25) is 0 Å². The lowest BCUT2D eigenvalue weighted by atomic mass is 10.0. The van der Waals surface area contributed by atoms with Crippen molar-refractivity contribution < 1.29 is 14.3 Å². The molecule has 0 aliphatic heterocycles. The van der Waals surface area contributed by atoms with Crippen LogP contribution in [0.15, 0.2) is 76.5 Å². The van der Waals surface area contributed by atoms with Gasteiger partial charge in [-0.05, 0) is 60.7 Å². The van der Waals surface area contributed by atoms with Gasteiger partial charge in [-0.3, -0.25) is 4.79 Å². The number of carbonyl (C=O) groups is 2. The van der Waals surface area contributed by atoms with Gasteiger partial charge in [0.15, 0.2) is 12.4 Å². The van der Waals surface area contributed by atoms with Gasteiger partial charge in [0.2, 0.25) is 0 Å². The van der Waals surface area contributed by atoms with Crippen molar-refractivity contribution in [3.63, 3.8) is 0 Å². The van der Waals surface area contributed by atoms with E-state index < -0.39 is 5.97 Å². The van der Waals surface area contributed by atoms with Crippen LogP contribution in [0.25, 0.3) is 0 Å². The molecule has 0 saturated heterocycles. The van der Waals surface area contributed by atoms with Crippen molar-refractivity contribution in [3.8, 4) is 6.07 Å². The first kappa shape index (κ1) is 19.9. The molecule has 5 heteroatoms. The van der Waals surface area contributed by atoms with Crippen LogP contribution in [0.4, 0.5) is 0 Å². The van der Waals surface area contributed by atoms with Crippen molar-refractivity contribution in [1.82, 2.24) is 0 Å². The van der Waals surface area contributed by atoms with Crippen LogP contribution in [0.1, 0.15) is 43.8 Å². The van der Waals surface area contributed by atoms with Crippen LogP contribution in [-0.4, -0.2) is 18.4 Å². The third-order valence-electron chi connectivity index (χ3n) is 5.09. The number of aryl methyl sites for hydroxylation is 2. The van der Waals surface area contributed by atoms with E-state index in [0.717, 1.165) is 24.2 Å². The highest BCUT2D eigenvalue weighted by Gasteiger charge is 2.18. The molecule has 0 heterocycles. The lowest BCUT2D eigenvalue weighted by Gasteiger charge is -2.10. The Morgan fingerprint density at radius 2 is 1.67 bits per heavy atom. The Morgan fingerprint density at radius 3 is 2.50 bits per heavy atom. The summed E-state index contributed by atoms with van der Waals surface area (Å²) in [5.74, 6) is -0.764. The molecule has 1 aliphatic rings. The van der Waals surface area contributed by atoms with Crippen LogP contribution in [0.5, 0.6) is 0 Å². The maximum Gasteiger partial charge on any atom is 0.339 e. The van der Waals surface area contributed by atoms with Crippen molar-refractivity contribution in [3.05, 3.63) is 94.5 Å². The number of Topliss-reactive ketones (excluding diaryl/α,β-unsaturated/α-hetero) is 1. The quantitative estimate of drug-likeness (QED) is 0.408. The van der Waals surface area contributed by atoms with Crippen molar-refractivity contribution in [1.29, 1.82) is 5.26 Å². The van der Waals surface area contributed by atoms with E-state index in [1.807, 2.05) is 36.4 Å². The van der Waals surface area contributed by atoms with Crippen molar-refractivity contribution >= 4 is 23.5 Å². The molecule has 0 saturated carbocycles. The lowest BCUT2D eigenvalue weighted by molar-refractivity contribution is 0.0471. The molecule has 30 heavy (non-hydrogen) atoms. The van der Waals surface area contributed by atoms with Gasteiger partial charge in [0.1, 0.15) is 6.07 Å². The second-order valence-corrected chi connectivity index (χ2v) is 8.13. The van der Waals surface area contributed by atoms with Crippen LogP contribution in [-0.2, 0) is 17.6 Å². The molecule has 4 rings (SSSR count). The maximum atomic E-state index is 12.7. The molecule has 0 bridgehead atoms. The topological polar surface area (TPSA) is 67.2 Å². The molecule has 1 aliphatic carbocycles. The van der Waals surface area contributed by atoms with Gasteiger partial charge in [-0.1, -0.05) is 48.2 Å². The van der Waals surface area contributed by atoms with E-state index in [2.05, 4.69) is 6.07 Å². The number of ketones is 1. The third kappa shape index (κ3) is 4.29. The van der Waals surface area contributed by atoms with E-state index in [1.165, 1.54) is 22.9 Å². The average Bonchev–Trinajstić information content (AvgIpc) is 3.26. The summed E-state index contributed by atoms with van der Waals surface area (Å²) in [6.07, 6.45) is 3.17. The second kappa shape index (κ2) is 8.98. The summed E-state index contributed by atoms with van der Waals surface area (Å²) >= 11 is 1.33. The normalized spacial score (nSPS) is 12.1. The minimum atomic E-state index is -0.554. The number of fused-ring (bicyclic) bond motifs is 1. The minimum absolute atomic E-state index is 0.210. The van der Waals surface area contributed by atoms with E-state index >= 15 is 0 Å². The number of esters is 1. The number of nitrogens with zero attached hydrogens (tertiary/aromatic N) is 1. The fraction of sp³-hybridized carbons (Fsp3) is 0.160. The molecule has 0 atom stereocenters. The number of hydrogen-bond acceptors (Lipinski definition) is 5. The summed E-state index contributed by atoms with van der Waals surface area (Å²) in [7, 11) is 0. The number of rotatable bonds is 6. The average molecular weight is 413 g/mol. The smallest absolute Gasteiger partial charge is 0.339 e. The zero-order chi connectivity index (χ0) is 20.9. The van der Waals surface area contributed by atoms with Gasteiger partial charge in [0.25, 0.3) is 0 Å². The zero-order valence-electron chi connectivity index (χ0n) is 16.3. The van der Waals surface area contributed by atoms with Gasteiger partial charge in [0.05, 0.1) is 11.1 Å². The predicted octanol–water partition coefficient (Wildman–Crippen LogP) is 5.24. The van der Waals surface area contributed by atoms with Gasteiger partial charge in [-0.2, -0.15) is 5.26 Å². The Labute approximate surface area is 179 Å². The molecular weight excluding hydrogens is 394 g/mol. The number of carbonyl (C=O) groups excluding carboxylic acids is 2. The van der Waals surface area contributed by atoms with E-state index in [1.54, 1.807) is 30.3 Å². The lowest BCUT2D eigenvalue weighted by Crippen LogP contribution is -2.15. The Hall–Kier alpha value is -3.36. The predicted molar refractivity (Wildman–Crippen MR) is 115 cm³/mol. The van der Waals surface area contributed by atoms with Crippen LogP contribution >= 0.6 is 11.8 Å². The Bertz CT molecular complexity index is 1160. The zero-order valence-corrected chi connectivity index (χ0v) is 17.1. The van der Waals surface area contributed by atoms with Crippen molar-refractivity contribution in [2.45, 2.75) is 29.1 Å². The maximum absolute atomic E-state index is 12.7. The van der Waals surface area contributed by atoms with Gasteiger partial charge in [-0.25, -0.2) is 4.79 Å². The van der Waals surface area contributed by atoms with Gasteiger partial charge in [0, 0.05) is 15.4 Å². The summed E-state index contributed by atoms with van der Waals surface area (Å²) in [6.45, 7) is -0.300. The fourth-order valence-electron chi connectivity index (χ4n) is 3.53. The van der Waals surface area contributed by atoms with Gasteiger partial charge >= 0.3 is 5.97 Å². The molecule has 0 spiro atoms. The number of hydrogen-bond donors (Lipinski definition) is 0. The first-order valence-corrected chi connectivity index (χ1v) is 10.6. The molecular formula is C25H19NO3S. The van der Waals surface area contributed by atoms with E-state index in [4.69, 9.17) is 4.74 Å². The van der Waals surface area contributed by atoms with Crippen molar-refractivity contribution in [2.75, 3.05) is 6.61 Å². The Kier molecular flexibility index (Phi) is 5.97. The molecule has 148 valence electrons. The fourth-order valence-corrected chi connectivity index (χ4v) is 4.54. The summed E-state index contributed by atoms with van der Waals surface area (Å²) in [4.78, 5) is 26.6. The van der Waals surface area contributed by atoms with Crippen LogP contribution in [0, 0.1) is 11.3 Å². The highest BCUT2D eigenvalue weighted by Crippen LogP contribution is 2.33. The minimum Gasteiger partial charge on any atom is -0.454 e. The van der Waals surface area contributed by atoms with E-state index in [0.29, 0.717) is 21.6 Å². The first-order chi connectivity index (χ1) is 14.7. The molecule has 0 fully saturated rings. The molecule has 3 aromatic carbocycles. The van der Waals surface area contributed by atoms with Crippen molar-refractivity contribution in [2.24, 2.45) is 0 Å². The molecule has 3 aromatic rings. The second-order valence-electron chi connectivity index (χ2n) is 7.04. The summed E-state index contributed by atoms with van der Waals surface area (Å²) in [5, 5.41) is 9.29. The molecule has 0 N–H and O–H groups in total. The molecule has 0 unspecified atom stereocenters. The molecule has 0 amide bonds. The monoisotopic (exact) mass is 413 g/mol. The van der Waals surface area contributed by atoms with E-state index in [-0.39, 0.29) is 12.4 Å². The number of nitriles is 1. The standard InChI is InChI=1S/C25H19NO3S/c26-15-20-6-1-3-10-23(20)30-24-11-4-2-9-21(24)25(28)29-16-22(27)19-13-12-17-7-5-8-18(17)14-19/h1-4,6,9-14H,5,7-8,16H2. The first-order valence-electron chi connectivity index (χ1n) is 9.74. The highest BCUT2D eigenvalue weighted by atomic mass is 32.2. The van der Waals surface area contributed by atoms with Crippen LogP contribution < -0.4 is 0 Å². The number of ether oxygens (including phenoxy) is 1. The highest BCUT2D eigenvalue weighted by molar-refractivity contribution is 7.99. The molecule has 0 aromatic heterocycles. The van der Waals surface area contributed by atoms with Crippen LogP contribution in [0.3, 0.4) is 0 Å². The molecule has 0 radical (unpaired) electrons.